The fraction of sp³-hybridized carbons (Fsp3) is 0.423. The first kappa shape index (κ1) is 22.7. The van der Waals surface area contributed by atoms with E-state index < -0.39 is 0 Å². The minimum absolute atomic E-state index is 0.237. The second-order valence-corrected chi connectivity index (χ2v) is 9.96. The van der Waals surface area contributed by atoms with Crippen LogP contribution in [0.2, 0.25) is 0 Å². The lowest BCUT2D eigenvalue weighted by atomic mass is 10.1. The molecule has 1 saturated heterocycles. The molecule has 0 radical (unpaired) electrons. The maximum absolute atomic E-state index is 12.6. The van der Waals surface area contributed by atoms with Crippen LogP contribution in [0.4, 0.5) is 11.8 Å². The summed E-state index contributed by atoms with van der Waals surface area (Å²) in [7, 11) is 0. The standard InChI is InChI=1S/C26H30N8O2/c1-16-14-33(9-10-34(16)24(35)12-18-3-4-18)15-19-7-8-27-23(11-19)31-26-29-21-6-5-20(13-22(21)30-26)25-28-17(2)32-36-25/h5-8,11,13,16,18H,3-4,9-10,12,14-15H2,1-2H3,(H2,27,29,30,31)/t16-/m1/s1. The first-order chi connectivity index (χ1) is 17.5. The molecule has 3 aromatic heterocycles. The van der Waals surface area contributed by atoms with Crippen LogP contribution in [-0.4, -0.2) is 66.5 Å². The van der Waals surface area contributed by atoms with Gasteiger partial charge < -0.3 is 19.7 Å². The summed E-state index contributed by atoms with van der Waals surface area (Å²) in [5.41, 5.74) is 3.70. The Labute approximate surface area is 209 Å². The molecule has 2 fully saturated rings. The summed E-state index contributed by atoms with van der Waals surface area (Å²) < 4.78 is 5.27. The van der Waals surface area contributed by atoms with Crippen LogP contribution in [0.3, 0.4) is 0 Å². The number of aromatic nitrogens is 5. The zero-order valence-corrected chi connectivity index (χ0v) is 20.6. The van der Waals surface area contributed by atoms with Gasteiger partial charge in [-0.25, -0.2) is 9.97 Å². The summed E-state index contributed by atoms with van der Waals surface area (Å²) in [6, 6.07) is 10.1. The lowest BCUT2D eigenvalue weighted by Gasteiger charge is -2.40. The average molecular weight is 487 g/mol. The van der Waals surface area contributed by atoms with Crippen molar-refractivity contribution in [3.05, 3.63) is 47.9 Å². The van der Waals surface area contributed by atoms with Gasteiger partial charge in [-0.05, 0) is 68.5 Å². The summed E-state index contributed by atoms with van der Waals surface area (Å²) in [5, 5.41) is 7.15. The SMILES string of the molecule is Cc1noc(-c2ccc3nc(Nc4cc(CN5CCN(C(=O)CC6CC6)[C@H](C)C5)ccn4)[nH]c3c2)n1. The van der Waals surface area contributed by atoms with Crippen molar-refractivity contribution in [2.75, 3.05) is 25.0 Å². The first-order valence-electron chi connectivity index (χ1n) is 12.5. The van der Waals surface area contributed by atoms with Crippen LogP contribution in [0.25, 0.3) is 22.5 Å². The van der Waals surface area contributed by atoms with Crippen molar-refractivity contribution in [2.24, 2.45) is 5.92 Å². The molecule has 6 rings (SSSR count). The number of imidazole rings is 1. The zero-order chi connectivity index (χ0) is 24.6. The number of nitrogens with one attached hydrogen (secondary N) is 2. The number of benzene rings is 1. The second kappa shape index (κ2) is 9.34. The topological polar surface area (TPSA) is 116 Å². The molecule has 0 bridgehead atoms. The highest BCUT2D eigenvalue weighted by atomic mass is 16.5. The van der Waals surface area contributed by atoms with Gasteiger partial charge in [-0.2, -0.15) is 4.98 Å². The maximum atomic E-state index is 12.6. The largest absolute Gasteiger partial charge is 0.337 e. The number of rotatable bonds is 7. The van der Waals surface area contributed by atoms with Crippen LogP contribution in [0.1, 0.15) is 37.6 Å². The van der Waals surface area contributed by atoms with Gasteiger partial charge in [-0.3, -0.25) is 9.69 Å². The summed E-state index contributed by atoms with van der Waals surface area (Å²) >= 11 is 0. The van der Waals surface area contributed by atoms with E-state index in [4.69, 9.17) is 4.52 Å². The van der Waals surface area contributed by atoms with E-state index >= 15 is 0 Å². The molecule has 1 aromatic carbocycles. The third-order valence-corrected chi connectivity index (χ3v) is 6.93. The molecular weight excluding hydrogens is 456 g/mol. The summed E-state index contributed by atoms with van der Waals surface area (Å²) in [6.07, 6.45) is 4.97. The lowest BCUT2D eigenvalue weighted by Crippen LogP contribution is -2.53. The molecule has 0 unspecified atom stereocenters. The maximum Gasteiger partial charge on any atom is 0.257 e. The molecule has 2 aliphatic rings. The number of fused-ring (bicyclic) bond motifs is 1. The number of amides is 1. The molecule has 10 heteroatoms. The van der Waals surface area contributed by atoms with Crippen LogP contribution >= 0.6 is 0 Å². The van der Waals surface area contributed by atoms with Gasteiger partial charge in [0.2, 0.25) is 11.9 Å². The number of nitrogens with zero attached hydrogens (tertiary/aromatic N) is 6. The third kappa shape index (κ3) is 4.94. The van der Waals surface area contributed by atoms with Gasteiger partial charge in [-0.1, -0.05) is 5.16 Å². The number of pyridine rings is 1. The number of hydrogen-bond donors (Lipinski definition) is 2. The predicted molar refractivity (Wildman–Crippen MR) is 135 cm³/mol. The quantitative estimate of drug-likeness (QED) is 0.404. The monoisotopic (exact) mass is 486 g/mol. The normalized spacial score (nSPS) is 18.6. The van der Waals surface area contributed by atoms with E-state index in [0.29, 0.717) is 29.5 Å². The third-order valence-electron chi connectivity index (χ3n) is 6.93. The van der Waals surface area contributed by atoms with Gasteiger partial charge >= 0.3 is 0 Å². The molecule has 4 heterocycles. The first-order valence-corrected chi connectivity index (χ1v) is 12.5. The van der Waals surface area contributed by atoms with Crippen LogP contribution < -0.4 is 5.32 Å². The van der Waals surface area contributed by atoms with Crippen LogP contribution in [0, 0.1) is 12.8 Å². The Hall–Kier alpha value is -3.79. The van der Waals surface area contributed by atoms with Gasteiger partial charge in [0.1, 0.15) is 5.82 Å². The van der Waals surface area contributed by atoms with Crippen molar-refractivity contribution in [2.45, 2.75) is 45.7 Å². The summed E-state index contributed by atoms with van der Waals surface area (Å²) in [6.45, 7) is 7.34. The van der Waals surface area contributed by atoms with Gasteiger partial charge in [0, 0.05) is 50.4 Å². The lowest BCUT2D eigenvalue weighted by molar-refractivity contribution is -0.136. The molecule has 10 nitrogen and oxygen atoms in total. The zero-order valence-electron chi connectivity index (χ0n) is 20.6. The molecule has 4 aromatic rings. The molecule has 2 N–H and O–H groups in total. The van der Waals surface area contributed by atoms with Crippen LogP contribution in [0.5, 0.6) is 0 Å². The van der Waals surface area contributed by atoms with Gasteiger partial charge in [0.15, 0.2) is 5.82 Å². The Kier molecular flexibility index (Phi) is 5.88. The fourth-order valence-electron chi connectivity index (χ4n) is 4.87. The van der Waals surface area contributed by atoms with E-state index in [1.165, 1.54) is 18.4 Å². The molecular formula is C26H30N8O2. The van der Waals surface area contributed by atoms with E-state index in [2.05, 4.69) is 53.2 Å². The number of aryl methyl sites for hydroxylation is 1. The number of piperazine rings is 1. The van der Waals surface area contributed by atoms with Crippen molar-refractivity contribution >= 4 is 28.7 Å². The van der Waals surface area contributed by atoms with Crippen LogP contribution in [-0.2, 0) is 11.3 Å². The van der Waals surface area contributed by atoms with Gasteiger partial charge in [-0.15, -0.1) is 0 Å². The van der Waals surface area contributed by atoms with E-state index in [-0.39, 0.29) is 6.04 Å². The highest BCUT2D eigenvalue weighted by molar-refractivity contribution is 5.82. The van der Waals surface area contributed by atoms with Gasteiger partial charge in [0.05, 0.1) is 11.0 Å². The van der Waals surface area contributed by atoms with E-state index in [1.54, 1.807) is 6.92 Å². The minimum atomic E-state index is 0.237. The predicted octanol–water partition coefficient (Wildman–Crippen LogP) is 3.89. The smallest absolute Gasteiger partial charge is 0.257 e. The van der Waals surface area contributed by atoms with E-state index in [0.717, 1.165) is 55.0 Å². The molecule has 186 valence electrons. The van der Waals surface area contributed by atoms with Crippen LogP contribution in [0.15, 0.2) is 41.1 Å². The number of carbonyl (C=O) groups excluding carboxylic acids is 1. The number of H-pyrrole nitrogens is 1. The highest BCUT2D eigenvalue weighted by Gasteiger charge is 2.31. The molecule has 1 aliphatic heterocycles. The Bertz CT molecular complexity index is 1390. The van der Waals surface area contributed by atoms with Gasteiger partial charge in [0.25, 0.3) is 5.89 Å². The Morgan fingerprint density at radius 1 is 1.19 bits per heavy atom. The van der Waals surface area contributed by atoms with E-state index in [1.807, 2.05) is 30.5 Å². The number of hydrogen-bond acceptors (Lipinski definition) is 8. The highest BCUT2D eigenvalue weighted by Crippen LogP contribution is 2.33. The molecule has 1 aliphatic carbocycles. The molecule has 1 atom stereocenters. The molecule has 1 saturated carbocycles. The Morgan fingerprint density at radius 3 is 2.86 bits per heavy atom. The van der Waals surface area contributed by atoms with Crippen molar-refractivity contribution < 1.29 is 9.32 Å². The summed E-state index contributed by atoms with van der Waals surface area (Å²) in [4.78, 5) is 33.7. The summed E-state index contributed by atoms with van der Waals surface area (Å²) in [5.74, 6) is 3.38. The Balaban J connectivity index is 1.10. The second-order valence-electron chi connectivity index (χ2n) is 9.96. The van der Waals surface area contributed by atoms with Crippen molar-refractivity contribution in [1.82, 2.24) is 34.9 Å². The number of anilines is 2. The fourth-order valence-corrected chi connectivity index (χ4v) is 4.87. The van der Waals surface area contributed by atoms with Crippen molar-refractivity contribution in [3.63, 3.8) is 0 Å². The average Bonchev–Trinajstić information content (AvgIpc) is 3.40. The minimum Gasteiger partial charge on any atom is -0.337 e. The van der Waals surface area contributed by atoms with Crippen molar-refractivity contribution in [1.29, 1.82) is 0 Å². The molecule has 36 heavy (non-hydrogen) atoms. The molecule has 0 spiro atoms. The molecule has 1 amide bonds. The number of carbonyl (C=O) groups is 1. The van der Waals surface area contributed by atoms with E-state index in [9.17, 15) is 4.79 Å². The van der Waals surface area contributed by atoms with Crippen molar-refractivity contribution in [3.8, 4) is 11.5 Å². The Morgan fingerprint density at radius 2 is 2.08 bits per heavy atom. The number of aromatic amines is 1.